The van der Waals surface area contributed by atoms with Gasteiger partial charge in [0.2, 0.25) is 35.4 Å². The molecule has 2 fully saturated rings. The first-order chi connectivity index (χ1) is 33.9. The van der Waals surface area contributed by atoms with Crippen LogP contribution in [0.1, 0.15) is 119 Å². The standard InChI is InChI=1S/C54H74N10O8/c1-30(56-9)46(66)61-43(53(3,4)5)51(71)63-28-37(26-41(63)45(55)65)58-48(68)35-22-18-32(19-23-35)33-20-24-36(25-21-33)49(69)59-38-27-42(50(70)60-40-17-13-15-34-14-11-12-16-39(34)40)64(29-38)52(72)44(54(6,7)8)62-47(67)31(2)57-10/h11-12,14,16,18-25,30-31,37-38,40-44,56-57H,13,15,17,26-29H2,1-10H3,(H2,55,65)(H,58,68)(H,59,69)(H,60,70)(H,61,66)(H,62,67)/t30-,31-,37?,38-,40+,41-,42-,43+,44+/m0/s1. The Hall–Kier alpha value is -6.66. The van der Waals surface area contributed by atoms with Gasteiger partial charge in [-0.15, -0.1) is 0 Å². The van der Waals surface area contributed by atoms with Crippen molar-refractivity contribution in [2.45, 2.75) is 142 Å². The number of benzene rings is 3. The number of hydrogen-bond donors (Lipinski definition) is 8. The molecule has 18 heteroatoms. The molecular weight excluding hydrogens is 917 g/mol. The summed E-state index contributed by atoms with van der Waals surface area (Å²) < 4.78 is 0. The van der Waals surface area contributed by atoms with E-state index in [2.05, 4.69) is 43.3 Å². The Balaban J connectivity index is 1.11. The molecule has 0 spiro atoms. The molecule has 388 valence electrons. The minimum atomic E-state index is -0.983. The SMILES string of the molecule is CN[C@@H](C)C(=O)N[C@H](C(=O)N1CC(NC(=O)c2ccc(-c3ccc(C(=O)N[C@H]4C[C@@H](C(=O)N[C@@H]5CCCc6ccccc65)N(C(=O)[C@@H](NC(=O)[C@H](C)NC)C(C)(C)C)C4)cc3)cc2)C[C@H]1C(N)=O)C(C)(C)C. The summed E-state index contributed by atoms with van der Waals surface area (Å²) in [6.07, 6.45) is 2.86. The van der Waals surface area contributed by atoms with Gasteiger partial charge in [0.1, 0.15) is 24.2 Å². The molecule has 0 aromatic heterocycles. The maximum atomic E-state index is 14.6. The van der Waals surface area contributed by atoms with Crippen LogP contribution in [-0.2, 0) is 35.2 Å². The van der Waals surface area contributed by atoms with E-state index in [1.54, 1.807) is 76.5 Å². The monoisotopic (exact) mass is 991 g/mol. The average Bonchev–Trinajstić information content (AvgIpc) is 3.98. The zero-order chi connectivity index (χ0) is 52.8. The van der Waals surface area contributed by atoms with Gasteiger partial charge in [0.05, 0.1) is 18.1 Å². The van der Waals surface area contributed by atoms with E-state index in [9.17, 15) is 38.4 Å². The van der Waals surface area contributed by atoms with Crippen molar-refractivity contribution < 1.29 is 38.4 Å². The number of fused-ring (bicyclic) bond motifs is 1. The second-order valence-corrected chi connectivity index (χ2v) is 21.7. The minimum absolute atomic E-state index is 0.0249. The van der Waals surface area contributed by atoms with Gasteiger partial charge in [-0.1, -0.05) is 90.1 Å². The van der Waals surface area contributed by atoms with Crippen molar-refractivity contribution in [1.29, 1.82) is 0 Å². The minimum Gasteiger partial charge on any atom is -0.368 e. The molecule has 0 radical (unpaired) electrons. The largest absolute Gasteiger partial charge is 0.368 e. The smallest absolute Gasteiger partial charge is 0.251 e. The van der Waals surface area contributed by atoms with E-state index in [0.29, 0.717) is 11.1 Å². The second-order valence-electron chi connectivity index (χ2n) is 21.7. The van der Waals surface area contributed by atoms with Gasteiger partial charge in [-0.3, -0.25) is 38.4 Å². The number of hydrogen-bond acceptors (Lipinski definition) is 10. The number of primary amides is 1. The number of amides is 8. The highest BCUT2D eigenvalue weighted by atomic mass is 16.2. The number of carbonyl (C=O) groups is 8. The van der Waals surface area contributed by atoms with Gasteiger partial charge in [0.15, 0.2) is 0 Å². The molecule has 2 saturated heterocycles. The highest BCUT2D eigenvalue weighted by molar-refractivity contribution is 5.98. The normalized spacial score (nSPS) is 21.6. The maximum absolute atomic E-state index is 14.6. The quantitative estimate of drug-likeness (QED) is 0.104. The van der Waals surface area contributed by atoms with E-state index in [1.165, 1.54) is 15.4 Å². The van der Waals surface area contributed by atoms with Gasteiger partial charge >= 0.3 is 0 Å². The molecule has 0 bridgehead atoms. The fourth-order valence-electron chi connectivity index (χ4n) is 9.65. The van der Waals surface area contributed by atoms with Crippen LogP contribution in [0.25, 0.3) is 11.1 Å². The molecule has 3 aliphatic rings. The molecule has 72 heavy (non-hydrogen) atoms. The topological polar surface area (TPSA) is 253 Å². The Labute approximate surface area is 423 Å². The van der Waals surface area contributed by atoms with Crippen LogP contribution in [0.3, 0.4) is 0 Å². The van der Waals surface area contributed by atoms with Crippen molar-refractivity contribution in [3.63, 3.8) is 0 Å². The number of aryl methyl sites for hydroxylation is 1. The van der Waals surface area contributed by atoms with Gasteiger partial charge in [-0.2, -0.15) is 0 Å². The molecule has 18 nitrogen and oxygen atoms in total. The molecule has 3 aromatic rings. The summed E-state index contributed by atoms with van der Waals surface area (Å²) in [6.45, 7) is 14.5. The Kier molecular flexibility index (Phi) is 17.3. The molecule has 2 heterocycles. The van der Waals surface area contributed by atoms with Crippen LogP contribution in [-0.4, -0.2) is 133 Å². The van der Waals surface area contributed by atoms with Crippen molar-refractivity contribution >= 4 is 47.3 Å². The summed E-state index contributed by atoms with van der Waals surface area (Å²) in [7, 11) is 3.30. The van der Waals surface area contributed by atoms with E-state index in [0.717, 1.165) is 36.0 Å². The summed E-state index contributed by atoms with van der Waals surface area (Å²) in [5.74, 6) is -3.42. The van der Waals surface area contributed by atoms with Crippen molar-refractivity contribution in [2.24, 2.45) is 16.6 Å². The van der Waals surface area contributed by atoms with E-state index < -0.39 is 82.8 Å². The lowest BCUT2D eigenvalue weighted by Crippen LogP contribution is -2.59. The fraction of sp³-hybridized carbons (Fsp3) is 0.519. The number of rotatable bonds is 16. The van der Waals surface area contributed by atoms with E-state index in [1.807, 2.05) is 59.7 Å². The molecular formula is C54H74N10O8. The highest BCUT2D eigenvalue weighted by Gasteiger charge is 2.47. The van der Waals surface area contributed by atoms with E-state index >= 15 is 0 Å². The number of nitrogens with two attached hydrogens (primary N) is 1. The van der Waals surface area contributed by atoms with Crippen LogP contribution >= 0.6 is 0 Å². The van der Waals surface area contributed by atoms with Crippen molar-refractivity contribution in [3.05, 3.63) is 95.1 Å². The van der Waals surface area contributed by atoms with Crippen LogP contribution in [0, 0.1) is 10.8 Å². The Bertz CT molecular complexity index is 2500. The number of carbonyl (C=O) groups excluding carboxylic acids is 8. The summed E-state index contributed by atoms with van der Waals surface area (Å²) >= 11 is 0. The number of likely N-dealkylation sites (tertiary alicyclic amines) is 2. The predicted octanol–water partition coefficient (Wildman–Crippen LogP) is 2.71. The third-order valence-corrected chi connectivity index (χ3v) is 14.2. The van der Waals surface area contributed by atoms with E-state index in [-0.39, 0.29) is 55.6 Å². The van der Waals surface area contributed by atoms with Crippen LogP contribution in [0.5, 0.6) is 0 Å². The molecule has 8 amide bonds. The fourth-order valence-corrected chi connectivity index (χ4v) is 9.65. The highest BCUT2D eigenvalue weighted by Crippen LogP contribution is 2.32. The van der Waals surface area contributed by atoms with Crippen LogP contribution in [0.2, 0.25) is 0 Å². The summed E-state index contributed by atoms with van der Waals surface area (Å²) in [5, 5.41) is 20.7. The Morgan fingerprint density at radius 1 is 0.597 bits per heavy atom. The molecule has 9 atom stereocenters. The molecule has 3 aromatic carbocycles. The second kappa shape index (κ2) is 22.8. The molecule has 6 rings (SSSR count). The summed E-state index contributed by atoms with van der Waals surface area (Å²) in [4.78, 5) is 111. The zero-order valence-electron chi connectivity index (χ0n) is 43.3. The van der Waals surface area contributed by atoms with Crippen LogP contribution < -0.4 is 43.0 Å². The van der Waals surface area contributed by atoms with Crippen LogP contribution in [0.4, 0.5) is 0 Å². The first kappa shape index (κ1) is 54.7. The van der Waals surface area contributed by atoms with Gasteiger partial charge in [-0.05, 0) is 117 Å². The van der Waals surface area contributed by atoms with Crippen molar-refractivity contribution in [1.82, 2.24) is 47.0 Å². The lowest BCUT2D eigenvalue weighted by Gasteiger charge is -2.36. The predicted molar refractivity (Wildman–Crippen MR) is 274 cm³/mol. The lowest BCUT2D eigenvalue weighted by molar-refractivity contribution is -0.144. The third kappa shape index (κ3) is 12.9. The number of nitrogens with one attached hydrogen (secondary N) is 7. The molecule has 9 N–H and O–H groups in total. The zero-order valence-corrected chi connectivity index (χ0v) is 43.3. The molecule has 1 aliphatic carbocycles. The summed E-state index contributed by atoms with van der Waals surface area (Å²) in [5.41, 5.74) is 8.85. The van der Waals surface area contributed by atoms with Crippen LogP contribution in [0.15, 0.2) is 72.8 Å². The first-order valence-corrected chi connectivity index (χ1v) is 25.0. The number of likely N-dealkylation sites (N-methyl/N-ethyl adjacent to an activating group) is 2. The summed E-state index contributed by atoms with van der Waals surface area (Å²) in [6, 6.07) is 15.5. The van der Waals surface area contributed by atoms with Gasteiger partial charge in [0.25, 0.3) is 11.8 Å². The third-order valence-electron chi connectivity index (χ3n) is 14.2. The van der Waals surface area contributed by atoms with Gasteiger partial charge < -0.3 is 52.8 Å². The van der Waals surface area contributed by atoms with Gasteiger partial charge in [0, 0.05) is 36.3 Å². The van der Waals surface area contributed by atoms with Gasteiger partial charge in [-0.25, -0.2) is 0 Å². The molecule has 1 unspecified atom stereocenters. The van der Waals surface area contributed by atoms with Crippen molar-refractivity contribution in [2.75, 3.05) is 27.2 Å². The maximum Gasteiger partial charge on any atom is 0.251 e. The lowest BCUT2D eigenvalue weighted by atomic mass is 9.85. The molecule has 0 saturated carbocycles. The first-order valence-electron chi connectivity index (χ1n) is 25.0. The Morgan fingerprint density at radius 2 is 1.03 bits per heavy atom. The number of nitrogens with zero attached hydrogens (tertiary/aromatic N) is 2. The van der Waals surface area contributed by atoms with E-state index in [4.69, 9.17) is 5.73 Å². The van der Waals surface area contributed by atoms with Crippen molar-refractivity contribution in [3.8, 4) is 11.1 Å². The Morgan fingerprint density at radius 3 is 1.46 bits per heavy atom. The molecule has 2 aliphatic heterocycles. The average molecular weight is 991 g/mol.